The quantitative estimate of drug-likeness (QED) is 0.596. The smallest absolute Gasteiger partial charge is 0.0470 e. The molecule has 0 rings (SSSR count). The Hall–Kier alpha value is 0.270. The molecule has 0 aliphatic carbocycles. The van der Waals surface area contributed by atoms with Gasteiger partial charge in [-0.05, 0) is 19.1 Å². The summed E-state index contributed by atoms with van der Waals surface area (Å²) in [6.45, 7) is 2.90. The molecule has 0 unspecified atom stereocenters. The number of rotatable bonds is 6. The topological polar surface area (TPSA) is 35.2 Å². The fourth-order valence-corrected chi connectivity index (χ4v) is 1.43. The molecule has 62 valence electrons. The third-order valence-electron chi connectivity index (χ3n) is 1.02. The molecule has 2 nitrogen and oxygen atoms in total. The van der Waals surface area contributed by atoms with Gasteiger partial charge >= 0.3 is 0 Å². The van der Waals surface area contributed by atoms with Crippen molar-refractivity contribution in [2.75, 3.05) is 25.2 Å². The first-order valence-corrected chi connectivity index (χ1v) is 4.75. The summed E-state index contributed by atoms with van der Waals surface area (Å²) in [5.74, 6) is 2.22. The van der Waals surface area contributed by atoms with Crippen LogP contribution in [-0.2, 0) is 4.74 Å². The maximum atomic E-state index is 5.56. The Morgan fingerprint density at radius 1 is 1.60 bits per heavy atom. The summed E-state index contributed by atoms with van der Waals surface area (Å²) in [4.78, 5) is 0. The Kier molecular flexibility index (Phi) is 7.58. The summed E-state index contributed by atoms with van der Waals surface area (Å²) in [6.07, 6.45) is 1.13. The molecular weight excluding hydrogens is 146 g/mol. The zero-order chi connectivity index (χ0) is 7.82. The van der Waals surface area contributed by atoms with Gasteiger partial charge < -0.3 is 10.5 Å². The summed E-state index contributed by atoms with van der Waals surface area (Å²) >= 11 is 1.90. The molecule has 0 saturated carbocycles. The van der Waals surface area contributed by atoms with Gasteiger partial charge in [-0.3, -0.25) is 0 Å². The molecule has 0 amide bonds. The number of hydrogen-bond donors (Lipinski definition) is 1. The Bertz CT molecular complexity index is 68.6. The lowest BCUT2D eigenvalue weighted by Gasteiger charge is -2.03. The summed E-state index contributed by atoms with van der Waals surface area (Å²) in [5, 5.41) is 0. The van der Waals surface area contributed by atoms with Gasteiger partial charge in [0, 0.05) is 25.5 Å². The SMILES string of the molecule is COCCCSC[C@H](C)N. The highest BCUT2D eigenvalue weighted by molar-refractivity contribution is 7.99. The second-order valence-corrected chi connectivity index (χ2v) is 3.55. The fourth-order valence-electron chi connectivity index (χ4n) is 0.575. The molecule has 0 radical (unpaired) electrons. The predicted octanol–water partition coefficient (Wildman–Crippen LogP) is 1.10. The van der Waals surface area contributed by atoms with Gasteiger partial charge in [0.1, 0.15) is 0 Å². The average Bonchev–Trinajstić information content (AvgIpc) is 1.87. The second kappa shape index (κ2) is 7.38. The monoisotopic (exact) mass is 163 g/mol. The molecule has 2 N–H and O–H groups in total. The van der Waals surface area contributed by atoms with Crippen LogP contribution >= 0.6 is 11.8 Å². The zero-order valence-corrected chi connectivity index (χ0v) is 7.62. The lowest BCUT2D eigenvalue weighted by Crippen LogP contribution is -2.17. The number of methoxy groups -OCH3 is 1. The highest BCUT2D eigenvalue weighted by atomic mass is 32.2. The van der Waals surface area contributed by atoms with Crippen molar-refractivity contribution in [3.63, 3.8) is 0 Å². The third kappa shape index (κ3) is 8.27. The number of nitrogens with two attached hydrogens (primary N) is 1. The van der Waals surface area contributed by atoms with Gasteiger partial charge in [0.25, 0.3) is 0 Å². The molecule has 0 heterocycles. The molecule has 0 bridgehead atoms. The normalized spacial score (nSPS) is 13.5. The van der Waals surface area contributed by atoms with Crippen molar-refractivity contribution in [2.45, 2.75) is 19.4 Å². The first-order valence-electron chi connectivity index (χ1n) is 3.59. The molecule has 0 aliphatic heterocycles. The van der Waals surface area contributed by atoms with E-state index in [0.29, 0.717) is 6.04 Å². The lowest BCUT2D eigenvalue weighted by molar-refractivity contribution is 0.200. The van der Waals surface area contributed by atoms with Gasteiger partial charge in [-0.25, -0.2) is 0 Å². The molecule has 0 aromatic rings. The van der Waals surface area contributed by atoms with E-state index >= 15 is 0 Å². The summed E-state index contributed by atoms with van der Waals surface area (Å²) in [6, 6.07) is 0.326. The van der Waals surface area contributed by atoms with Crippen LogP contribution < -0.4 is 5.73 Å². The van der Waals surface area contributed by atoms with Gasteiger partial charge in [0.15, 0.2) is 0 Å². The first kappa shape index (κ1) is 10.3. The molecule has 3 heteroatoms. The van der Waals surface area contributed by atoms with Gasteiger partial charge in [0.2, 0.25) is 0 Å². The van der Waals surface area contributed by atoms with Gasteiger partial charge in [0.05, 0.1) is 0 Å². The molecule has 0 fully saturated rings. The summed E-state index contributed by atoms with van der Waals surface area (Å²) < 4.78 is 4.90. The van der Waals surface area contributed by atoms with Crippen LogP contribution in [0.25, 0.3) is 0 Å². The summed E-state index contributed by atoms with van der Waals surface area (Å²) in [5.41, 5.74) is 5.56. The highest BCUT2D eigenvalue weighted by Gasteiger charge is 1.93. The zero-order valence-electron chi connectivity index (χ0n) is 6.80. The van der Waals surface area contributed by atoms with Crippen LogP contribution in [0.4, 0.5) is 0 Å². The Morgan fingerprint density at radius 2 is 2.30 bits per heavy atom. The first-order chi connectivity index (χ1) is 4.77. The third-order valence-corrected chi connectivity index (χ3v) is 2.36. The minimum atomic E-state index is 0.326. The molecular formula is C7H17NOS. The Labute approximate surface area is 67.5 Å². The van der Waals surface area contributed by atoms with E-state index in [1.807, 2.05) is 18.7 Å². The largest absolute Gasteiger partial charge is 0.385 e. The number of ether oxygens (including phenoxy) is 1. The highest BCUT2D eigenvalue weighted by Crippen LogP contribution is 2.02. The van der Waals surface area contributed by atoms with Crippen molar-refractivity contribution in [3.8, 4) is 0 Å². The van der Waals surface area contributed by atoms with Crippen molar-refractivity contribution in [3.05, 3.63) is 0 Å². The van der Waals surface area contributed by atoms with Crippen LogP contribution in [-0.4, -0.2) is 31.3 Å². The van der Waals surface area contributed by atoms with Crippen LogP contribution in [0.15, 0.2) is 0 Å². The van der Waals surface area contributed by atoms with E-state index < -0.39 is 0 Å². The lowest BCUT2D eigenvalue weighted by atomic mass is 10.4. The Morgan fingerprint density at radius 3 is 2.80 bits per heavy atom. The van der Waals surface area contributed by atoms with E-state index in [1.54, 1.807) is 7.11 Å². The van der Waals surface area contributed by atoms with E-state index in [4.69, 9.17) is 10.5 Å². The maximum Gasteiger partial charge on any atom is 0.0470 e. The molecule has 0 aliphatic rings. The minimum absolute atomic E-state index is 0.326. The van der Waals surface area contributed by atoms with Crippen molar-refractivity contribution >= 4 is 11.8 Å². The van der Waals surface area contributed by atoms with E-state index in [2.05, 4.69) is 0 Å². The molecule has 0 saturated heterocycles. The van der Waals surface area contributed by atoms with Crippen molar-refractivity contribution < 1.29 is 4.74 Å². The molecule has 0 aromatic carbocycles. The maximum absolute atomic E-state index is 5.56. The minimum Gasteiger partial charge on any atom is -0.385 e. The number of thioether (sulfide) groups is 1. The van der Waals surface area contributed by atoms with Crippen molar-refractivity contribution in [1.29, 1.82) is 0 Å². The van der Waals surface area contributed by atoms with E-state index in [0.717, 1.165) is 24.5 Å². The fraction of sp³-hybridized carbons (Fsp3) is 1.00. The predicted molar refractivity (Wildman–Crippen MR) is 47.5 cm³/mol. The molecule has 1 atom stereocenters. The average molecular weight is 163 g/mol. The summed E-state index contributed by atoms with van der Waals surface area (Å²) in [7, 11) is 1.73. The van der Waals surface area contributed by atoms with Gasteiger partial charge in [-0.2, -0.15) is 11.8 Å². The van der Waals surface area contributed by atoms with Crippen molar-refractivity contribution in [2.24, 2.45) is 5.73 Å². The van der Waals surface area contributed by atoms with Crippen LogP contribution in [0.3, 0.4) is 0 Å². The number of hydrogen-bond acceptors (Lipinski definition) is 3. The Balaban J connectivity index is 2.77. The van der Waals surface area contributed by atoms with Crippen LogP contribution in [0.5, 0.6) is 0 Å². The molecule has 0 spiro atoms. The van der Waals surface area contributed by atoms with E-state index in [1.165, 1.54) is 0 Å². The van der Waals surface area contributed by atoms with Crippen LogP contribution in [0.2, 0.25) is 0 Å². The van der Waals surface area contributed by atoms with Gasteiger partial charge in [-0.15, -0.1) is 0 Å². The van der Waals surface area contributed by atoms with Crippen molar-refractivity contribution in [1.82, 2.24) is 0 Å². The van der Waals surface area contributed by atoms with Crippen LogP contribution in [0, 0.1) is 0 Å². The van der Waals surface area contributed by atoms with E-state index in [-0.39, 0.29) is 0 Å². The van der Waals surface area contributed by atoms with Crippen LogP contribution in [0.1, 0.15) is 13.3 Å². The molecule has 10 heavy (non-hydrogen) atoms. The standard InChI is InChI=1S/C7H17NOS/c1-7(8)6-10-5-3-4-9-2/h7H,3-6,8H2,1-2H3/t7-/m0/s1. The second-order valence-electron chi connectivity index (χ2n) is 2.40. The van der Waals surface area contributed by atoms with E-state index in [9.17, 15) is 0 Å². The van der Waals surface area contributed by atoms with Gasteiger partial charge in [-0.1, -0.05) is 0 Å². The molecule has 0 aromatic heterocycles.